The molecular formula is C6H8N2O2S. The van der Waals surface area contributed by atoms with Crippen LogP contribution in [0.2, 0.25) is 0 Å². The highest BCUT2D eigenvalue weighted by Gasteiger charge is 2.05. The summed E-state index contributed by atoms with van der Waals surface area (Å²) in [5.74, 6) is 0. The lowest BCUT2D eigenvalue weighted by Crippen LogP contribution is -2.11. The Bertz CT molecular complexity index is 405. The maximum absolute atomic E-state index is 11.1. The summed E-state index contributed by atoms with van der Waals surface area (Å²) in [5.41, 5.74) is -0.355. The van der Waals surface area contributed by atoms with E-state index in [9.17, 15) is 9.00 Å². The minimum absolute atomic E-state index is 0.0278. The third kappa shape index (κ3) is 1.68. The molecule has 1 heterocycles. The topological polar surface area (TPSA) is 73.8 Å². The summed E-state index contributed by atoms with van der Waals surface area (Å²) in [6.07, 6.45) is 3.96. The highest BCUT2D eigenvalue weighted by atomic mass is 32.2. The largest absolute Gasteiger partial charge is 0.366 e. The van der Waals surface area contributed by atoms with Crippen LogP contribution in [0, 0.1) is 4.78 Å². The van der Waals surface area contributed by atoms with Gasteiger partial charge in [-0.3, -0.25) is 4.79 Å². The number of pyridine rings is 1. The SMILES string of the molecule is C[S@](=N)(=O)c1c[nH]ccc1=O. The lowest BCUT2D eigenvalue weighted by atomic mass is 10.5. The average molecular weight is 172 g/mol. The maximum atomic E-state index is 11.1. The first-order valence-corrected chi connectivity index (χ1v) is 4.89. The fraction of sp³-hybridized carbons (Fsp3) is 0.167. The van der Waals surface area contributed by atoms with Crippen LogP contribution in [0.1, 0.15) is 0 Å². The molecule has 0 saturated heterocycles. The molecule has 0 aliphatic carbocycles. The first kappa shape index (κ1) is 8.00. The van der Waals surface area contributed by atoms with Gasteiger partial charge in [0.2, 0.25) is 0 Å². The van der Waals surface area contributed by atoms with Crippen molar-refractivity contribution < 1.29 is 4.21 Å². The zero-order valence-corrected chi connectivity index (χ0v) is 6.77. The van der Waals surface area contributed by atoms with Gasteiger partial charge in [0.15, 0.2) is 5.43 Å². The average Bonchev–Trinajstić information content (AvgIpc) is 1.86. The molecule has 0 aromatic carbocycles. The van der Waals surface area contributed by atoms with Crippen LogP contribution < -0.4 is 5.43 Å². The van der Waals surface area contributed by atoms with Gasteiger partial charge in [-0.25, -0.2) is 8.99 Å². The van der Waals surface area contributed by atoms with Gasteiger partial charge in [-0.05, 0) is 0 Å². The second-order valence-corrected chi connectivity index (χ2v) is 4.34. The summed E-state index contributed by atoms with van der Waals surface area (Å²) in [4.78, 5) is 13.6. The standard InChI is InChI=1S/C6H8N2O2S/c1-11(7,10)6-4-8-3-2-5(6)9/h2-4,7H,1H3,(H,8,9)/t11-/m0/s1. The van der Waals surface area contributed by atoms with E-state index in [1.165, 1.54) is 24.7 Å². The monoisotopic (exact) mass is 172 g/mol. The van der Waals surface area contributed by atoms with E-state index in [4.69, 9.17) is 4.78 Å². The van der Waals surface area contributed by atoms with Gasteiger partial charge in [0.1, 0.15) is 4.90 Å². The number of rotatable bonds is 1. The van der Waals surface area contributed by atoms with Crippen molar-refractivity contribution >= 4 is 9.73 Å². The molecule has 0 bridgehead atoms. The quantitative estimate of drug-likeness (QED) is 0.643. The van der Waals surface area contributed by atoms with Crippen LogP contribution in [0.5, 0.6) is 0 Å². The van der Waals surface area contributed by atoms with Crippen LogP contribution in [0.25, 0.3) is 0 Å². The van der Waals surface area contributed by atoms with Crippen LogP contribution in [-0.4, -0.2) is 15.4 Å². The molecule has 1 aromatic rings. The molecule has 1 aromatic heterocycles. The zero-order chi connectivity index (χ0) is 8.48. The molecule has 5 heteroatoms. The summed E-state index contributed by atoms with van der Waals surface area (Å²) >= 11 is 0. The van der Waals surface area contributed by atoms with Crippen LogP contribution in [0.4, 0.5) is 0 Å². The van der Waals surface area contributed by atoms with Gasteiger partial charge in [0, 0.05) is 24.7 Å². The molecular weight excluding hydrogens is 164 g/mol. The van der Waals surface area contributed by atoms with Crippen LogP contribution >= 0.6 is 0 Å². The molecule has 0 unspecified atom stereocenters. The van der Waals surface area contributed by atoms with E-state index in [0.717, 1.165) is 0 Å². The van der Waals surface area contributed by atoms with E-state index in [1.54, 1.807) is 0 Å². The zero-order valence-electron chi connectivity index (χ0n) is 5.96. The molecule has 0 amide bonds. The Balaban J connectivity index is 3.50. The first-order valence-electron chi connectivity index (χ1n) is 2.93. The molecule has 60 valence electrons. The Morgan fingerprint density at radius 3 is 2.64 bits per heavy atom. The van der Waals surface area contributed by atoms with Gasteiger partial charge in [0.25, 0.3) is 0 Å². The minimum Gasteiger partial charge on any atom is -0.366 e. The number of hydrogen-bond donors (Lipinski definition) is 2. The molecule has 11 heavy (non-hydrogen) atoms. The summed E-state index contributed by atoms with van der Waals surface area (Å²) in [6.45, 7) is 0. The summed E-state index contributed by atoms with van der Waals surface area (Å²) < 4.78 is 18.2. The Kier molecular flexibility index (Phi) is 1.82. The number of nitrogens with one attached hydrogen (secondary N) is 2. The van der Waals surface area contributed by atoms with E-state index in [2.05, 4.69) is 4.98 Å². The smallest absolute Gasteiger partial charge is 0.198 e. The third-order valence-corrected chi connectivity index (χ3v) is 2.37. The van der Waals surface area contributed by atoms with Gasteiger partial charge in [-0.1, -0.05) is 0 Å². The molecule has 4 nitrogen and oxygen atoms in total. The molecule has 0 radical (unpaired) electrons. The molecule has 1 atom stereocenters. The second-order valence-electron chi connectivity index (χ2n) is 2.22. The normalized spacial score (nSPS) is 15.7. The summed E-state index contributed by atoms with van der Waals surface area (Å²) in [7, 11) is -2.88. The fourth-order valence-corrected chi connectivity index (χ4v) is 1.45. The third-order valence-electron chi connectivity index (χ3n) is 1.21. The Morgan fingerprint density at radius 1 is 1.64 bits per heavy atom. The maximum Gasteiger partial charge on any atom is 0.198 e. The van der Waals surface area contributed by atoms with Crippen molar-refractivity contribution in [3.8, 4) is 0 Å². The lowest BCUT2D eigenvalue weighted by Gasteiger charge is -1.96. The Labute approximate surface area is 64.2 Å². The van der Waals surface area contributed by atoms with E-state index >= 15 is 0 Å². The molecule has 2 N–H and O–H groups in total. The van der Waals surface area contributed by atoms with Gasteiger partial charge >= 0.3 is 0 Å². The molecule has 0 fully saturated rings. The van der Waals surface area contributed by atoms with Gasteiger partial charge in [0.05, 0.1) is 9.73 Å². The number of H-pyrrole nitrogens is 1. The van der Waals surface area contributed by atoms with Crippen LogP contribution in [0.3, 0.4) is 0 Å². The number of aromatic nitrogens is 1. The van der Waals surface area contributed by atoms with E-state index in [-0.39, 0.29) is 10.3 Å². The molecule has 0 aliphatic rings. The molecule has 0 aliphatic heterocycles. The minimum atomic E-state index is -2.88. The van der Waals surface area contributed by atoms with Crippen molar-refractivity contribution in [2.75, 3.05) is 6.26 Å². The Morgan fingerprint density at radius 2 is 2.27 bits per heavy atom. The molecule has 0 spiro atoms. The van der Waals surface area contributed by atoms with E-state index in [0.29, 0.717) is 0 Å². The van der Waals surface area contributed by atoms with Crippen LogP contribution in [-0.2, 0) is 9.73 Å². The fourth-order valence-electron chi connectivity index (χ4n) is 0.705. The number of aromatic amines is 1. The van der Waals surface area contributed by atoms with Crippen molar-refractivity contribution in [3.63, 3.8) is 0 Å². The lowest BCUT2D eigenvalue weighted by molar-refractivity contribution is 0.678. The van der Waals surface area contributed by atoms with E-state index < -0.39 is 9.73 Å². The summed E-state index contributed by atoms with van der Waals surface area (Å²) in [5, 5.41) is 0. The van der Waals surface area contributed by atoms with Gasteiger partial charge in [-0.15, -0.1) is 0 Å². The molecule has 1 rings (SSSR count). The molecule has 0 saturated carbocycles. The van der Waals surface area contributed by atoms with Crippen LogP contribution in [0.15, 0.2) is 28.2 Å². The second kappa shape index (κ2) is 2.50. The van der Waals surface area contributed by atoms with Crippen molar-refractivity contribution in [1.82, 2.24) is 4.98 Å². The highest BCUT2D eigenvalue weighted by molar-refractivity contribution is 7.91. The predicted molar refractivity (Wildman–Crippen MR) is 42.1 cm³/mol. The van der Waals surface area contributed by atoms with Crippen molar-refractivity contribution in [1.29, 1.82) is 4.78 Å². The van der Waals surface area contributed by atoms with Crippen molar-refractivity contribution in [2.24, 2.45) is 0 Å². The first-order chi connectivity index (χ1) is 5.02. The van der Waals surface area contributed by atoms with E-state index in [1.807, 2.05) is 0 Å². The summed E-state index contributed by atoms with van der Waals surface area (Å²) in [6, 6.07) is 1.26. The van der Waals surface area contributed by atoms with Gasteiger partial charge in [-0.2, -0.15) is 0 Å². The highest BCUT2D eigenvalue weighted by Crippen LogP contribution is 1.98. The van der Waals surface area contributed by atoms with Gasteiger partial charge < -0.3 is 4.98 Å². The van der Waals surface area contributed by atoms with Crippen molar-refractivity contribution in [3.05, 3.63) is 28.7 Å². The predicted octanol–water partition coefficient (Wildman–Crippen LogP) is 0.410. The Hall–Kier alpha value is -1.10. The van der Waals surface area contributed by atoms with Crippen molar-refractivity contribution in [2.45, 2.75) is 4.90 Å². The number of hydrogen-bond acceptors (Lipinski definition) is 3.